The Balaban J connectivity index is 2.81. The Morgan fingerprint density at radius 3 is 2.00 bits per heavy atom. The molecule has 1 aromatic rings. The normalized spacial score (nSPS) is 11.3. The minimum absolute atomic E-state index is 0.382. The molecular formula is C11H14BrNO4. The van der Waals surface area contributed by atoms with Gasteiger partial charge in [0, 0.05) is 10.0 Å². The second kappa shape index (κ2) is 6.11. The predicted molar refractivity (Wildman–Crippen MR) is 65.6 cm³/mol. The summed E-state index contributed by atoms with van der Waals surface area (Å²) in [5.41, 5.74) is -1.02. The van der Waals surface area contributed by atoms with Gasteiger partial charge in [0.1, 0.15) is 5.54 Å². The van der Waals surface area contributed by atoms with Crippen LogP contribution in [0.3, 0.4) is 0 Å². The second-order valence-electron chi connectivity index (χ2n) is 3.72. The molecular weight excluding hydrogens is 290 g/mol. The molecule has 0 spiro atoms. The van der Waals surface area contributed by atoms with Gasteiger partial charge in [-0.05, 0) is 24.3 Å². The van der Waals surface area contributed by atoms with Crippen molar-refractivity contribution in [3.8, 4) is 0 Å². The molecule has 1 amide bonds. The molecule has 0 radical (unpaired) electrons. The number of aliphatic hydroxyl groups excluding tert-OH is 3. The third kappa shape index (κ3) is 3.50. The number of halogens is 1. The predicted octanol–water partition coefficient (Wildman–Crippen LogP) is -0.105. The van der Waals surface area contributed by atoms with Crippen LogP contribution in [0.1, 0.15) is 10.4 Å². The quantitative estimate of drug-likeness (QED) is 0.611. The SMILES string of the molecule is O=C(NC(CO)(CO)CO)c1ccc(Br)cc1. The van der Waals surface area contributed by atoms with Crippen LogP contribution in [0.15, 0.2) is 28.7 Å². The summed E-state index contributed by atoms with van der Waals surface area (Å²) in [6, 6.07) is 6.59. The van der Waals surface area contributed by atoms with Crippen molar-refractivity contribution in [2.75, 3.05) is 19.8 Å². The summed E-state index contributed by atoms with van der Waals surface area (Å²) in [5.74, 6) is -0.463. The number of hydrogen-bond acceptors (Lipinski definition) is 4. The summed E-state index contributed by atoms with van der Waals surface area (Å²) in [5, 5.41) is 29.6. The summed E-state index contributed by atoms with van der Waals surface area (Å²) >= 11 is 3.25. The van der Waals surface area contributed by atoms with E-state index in [9.17, 15) is 4.79 Å². The van der Waals surface area contributed by atoms with Gasteiger partial charge < -0.3 is 20.6 Å². The number of amides is 1. The van der Waals surface area contributed by atoms with Crippen molar-refractivity contribution in [1.82, 2.24) is 5.32 Å². The lowest BCUT2D eigenvalue weighted by Gasteiger charge is -2.28. The lowest BCUT2D eigenvalue weighted by molar-refractivity contribution is 0.0375. The van der Waals surface area contributed by atoms with Gasteiger partial charge in [0.05, 0.1) is 19.8 Å². The highest BCUT2D eigenvalue weighted by atomic mass is 79.9. The maximum absolute atomic E-state index is 11.8. The van der Waals surface area contributed by atoms with E-state index in [1.165, 1.54) is 0 Å². The molecule has 0 fully saturated rings. The van der Waals surface area contributed by atoms with E-state index < -0.39 is 31.3 Å². The first-order valence-corrected chi connectivity index (χ1v) is 5.77. The van der Waals surface area contributed by atoms with Crippen molar-refractivity contribution < 1.29 is 20.1 Å². The van der Waals surface area contributed by atoms with E-state index in [1.54, 1.807) is 24.3 Å². The summed E-state index contributed by atoms with van der Waals surface area (Å²) in [4.78, 5) is 11.8. The monoisotopic (exact) mass is 303 g/mol. The summed E-state index contributed by atoms with van der Waals surface area (Å²) < 4.78 is 0.840. The minimum Gasteiger partial charge on any atom is -0.394 e. The largest absolute Gasteiger partial charge is 0.394 e. The van der Waals surface area contributed by atoms with E-state index in [-0.39, 0.29) is 0 Å². The van der Waals surface area contributed by atoms with Crippen molar-refractivity contribution in [2.45, 2.75) is 5.54 Å². The van der Waals surface area contributed by atoms with Crippen LogP contribution in [-0.4, -0.2) is 46.6 Å². The lowest BCUT2D eigenvalue weighted by atomic mass is 10.0. The van der Waals surface area contributed by atoms with Gasteiger partial charge in [-0.25, -0.2) is 0 Å². The van der Waals surface area contributed by atoms with E-state index in [1.807, 2.05) is 0 Å². The van der Waals surface area contributed by atoms with Crippen LogP contribution in [-0.2, 0) is 0 Å². The molecule has 6 heteroatoms. The van der Waals surface area contributed by atoms with Crippen LogP contribution in [0.25, 0.3) is 0 Å². The molecule has 1 aromatic carbocycles. The fourth-order valence-corrected chi connectivity index (χ4v) is 1.45. The molecule has 5 nitrogen and oxygen atoms in total. The van der Waals surface area contributed by atoms with Gasteiger partial charge in [0.25, 0.3) is 5.91 Å². The van der Waals surface area contributed by atoms with E-state index in [0.717, 1.165) is 4.47 Å². The Bertz CT molecular complexity index is 367. The molecule has 0 aromatic heterocycles. The van der Waals surface area contributed by atoms with Crippen molar-refractivity contribution in [2.24, 2.45) is 0 Å². The topological polar surface area (TPSA) is 89.8 Å². The number of benzene rings is 1. The van der Waals surface area contributed by atoms with Crippen LogP contribution >= 0.6 is 15.9 Å². The fraction of sp³-hybridized carbons (Fsp3) is 0.364. The van der Waals surface area contributed by atoms with E-state index in [4.69, 9.17) is 15.3 Å². The molecule has 0 bridgehead atoms. The van der Waals surface area contributed by atoms with Crippen molar-refractivity contribution in [3.63, 3.8) is 0 Å². The maximum Gasteiger partial charge on any atom is 0.251 e. The number of aliphatic hydroxyl groups is 3. The van der Waals surface area contributed by atoms with Crippen LogP contribution in [0.5, 0.6) is 0 Å². The second-order valence-corrected chi connectivity index (χ2v) is 4.63. The average Bonchev–Trinajstić information content (AvgIpc) is 2.37. The van der Waals surface area contributed by atoms with E-state index in [0.29, 0.717) is 5.56 Å². The minimum atomic E-state index is -1.40. The Labute approximate surface area is 107 Å². The number of nitrogens with one attached hydrogen (secondary N) is 1. The molecule has 1 rings (SSSR count). The Hall–Kier alpha value is -0.950. The first-order chi connectivity index (χ1) is 8.06. The van der Waals surface area contributed by atoms with Crippen LogP contribution < -0.4 is 5.32 Å². The van der Waals surface area contributed by atoms with Gasteiger partial charge in [0.15, 0.2) is 0 Å². The van der Waals surface area contributed by atoms with Crippen LogP contribution in [0, 0.1) is 0 Å². The number of hydrogen-bond donors (Lipinski definition) is 4. The first kappa shape index (κ1) is 14.1. The third-order valence-electron chi connectivity index (χ3n) is 2.39. The highest BCUT2D eigenvalue weighted by molar-refractivity contribution is 9.10. The molecule has 0 saturated carbocycles. The maximum atomic E-state index is 11.8. The molecule has 94 valence electrons. The summed E-state index contributed by atoms with van der Waals surface area (Å²) in [6.07, 6.45) is 0. The van der Waals surface area contributed by atoms with Gasteiger partial charge in [-0.2, -0.15) is 0 Å². The van der Waals surface area contributed by atoms with Crippen molar-refractivity contribution in [3.05, 3.63) is 34.3 Å². The number of rotatable bonds is 5. The molecule has 17 heavy (non-hydrogen) atoms. The zero-order valence-electron chi connectivity index (χ0n) is 9.06. The zero-order chi connectivity index (χ0) is 12.9. The van der Waals surface area contributed by atoms with Crippen LogP contribution in [0.2, 0.25) is 0 Å². The Morgan fingerprint density at radius 2 is 1.59 bits per heavy atom. The lowest BCUT2D eigenvalue weighted by Crippen LogP contribution is -2.57. The molecule has 0 heterocycles. The van der Waals surface area contributed by atoms with Gasteiger partial charge in [-0.15, -0.1) is 0 Å². The van der Waals surface area contributed by atoms with Crippen LogP contribution in [0.4, 0.5) is 0 Å². The molecule has 0 atom stereocenters. The first-order valence-electron chi connectivity index (χ1n) is 4.97. The van der Waals surface area contributed by atoms with Gasteiger partial charge in [-0.3, -0.25) is 4.79 Å². The standard InChI is InChI=1S/C11H14BrNO4/c12-9-3-1-8(2-4-9)10(17)13-11(5-14,6-15)7-16/h1-4,14-16H,5-7H2,(H,13,17). The van der Waals surface area contributed by atoms with Crippen molar-refractivity contribution in [1.29, 1.82) is 0 Å². The van der Waals surface area contributed by atoms with Gasteiger partial charge >= 0.3 is 0 Å². The molecule has 0 aliphatic carbocycles. The Kier molecular flexibility index (Phi) is 5.07. The summed E-state index contributed by atoms with van der Waals surface area (Å²) in [7, 11) is 0. The molecule has 0 aliphatic rings. The van der Waals surface area contributed by atoms with Gasteiger partial charge in [-0.1, -0.05) is 15.9 Å². The van der Waals surface area contributed by atoms with Crippen molar-refractivity contribution >= 4 is 21.8 Å². The molecule has 0 unspecified atom stereocenters. The molecule has 4 N–H and O–H groups in total. The van der Waals surface area contributed by atoms with Gasteiger partial charge in [0.2, 0.25) is 0 Å². The number of carbonyl (C=O) groups excluding carboxylic acids is 1. The highest BCUT2D eigenvalue weighted by Crippen LogP contribution is 2.11. The highest BCUT2D eigenvalue weighted by Gasteiger charge is 2.30. The summed E-state index contributed by atoms with van der Waals surface area (Å²) in [6.45, 7) is -1.62. The van der Waals surface area contributed by atoms with E-state index >= 15 is 0 Å². The molecule has 0 saturated heterocycles. The average molecular weight is 304 g/mol. The third-order valence-corrected chi connectivity index (χ3v) is 2.92. The molecule has 0 aliphatic heterocycles. The fourth-order valence-electron chi connectivity index (χ4n) is 1.18. The zero-order valence-corrected chi connectivity index (χ0v) is 10.6. The number of carbonyl (C=O) groups is 1. The van der Waals surface area contributed by atoms with E-state index in [2.05, 4.69) is 21.2 Å². The Morgan fingerprint density at radius 1 is 1.12 bits per heavy atom. The smallest absolute Gasteiger partial charge is 0.251 e.